The van der Waals surface area contributed by atoms with Crippen LogP contribution in [0, 0.1) is 5.41 Å². The van der Waals surface area contributed by atoms with Gasteiger partial charge in [0.25, 0.3) is 0 Å². The van der Waals surface area contributed by atoms with Crippen LogP contribution in [0.2, 0.25) is 0 Å². The lowest BCUT2D eigenvalue weighted by Gasteiger charge is -2.11. The highest BCUT2D eigenvalue weighted by atomic mass is 32.2. The molecule has 1 aromatic heterocycles. The molecule has 0 amide bonds. The number of hydrogen-bond donors (Lipinski definition) is 2. The third-order valence-corrected chi connectivity index (χ3v) is 6.27. The third kappa shape index (κ3) is 3.69. The summed E-state index contributed by atoms with van der Waals surface area (Å²) in [5.74, 6) is 1.04. The first-order valence-electron chi connectivity index (χ1n) is 5.81. The van der Waals surface area contributed by atoms with Gasteiger partial charge in [-0.25, -0.2) is 0 Å². The van der Waals surface area contributed by atoms with Gasteiger partial charge in [0.05, 0.1) is 0 Å². The van der Waals surface area contributed by atoms with Gasteiger partial charge < -0.3 is 5.73 Å². The Balaban J connectivity index is 2.35. The van der Waals surface area contributed by atoms with Crippen molar-refractivity contribution in [2.45, 2.75) is 25.4 Å². The van der Waals surface area contributed by atoms with Gasteiger partial charge in [-0.15, -0.1) is 22.0 Å². The van der Waals surface area contributed by atoms with Crippen LogP contribution in [0.25, 0.3) is 0 Å². The molecule has 0 saturated carbocycles. The zero-order valence-electron chi connectivity index (χ0n) is 11.0. The Labute approximate surface area is 134 Å². The van der Waals surface area contributed by atoms with Gasteiger partial charge in [-0.05, 0) is 24.1 Å². The number of hydrogen-bond acceptors (Lipinski definition) is 7. The molecule has 1 aromatic carbocycles. The minimum absolute atomic E-state index is 0.0960. The average molecular weight is 343 g/mol. The maximum absolute atomic E-state index is 7.82. The first-order valence-corrected chi connectivity index (χ1v) is 9.65. The van der Waals surface area contributed by atoms with Crippen molar-refractivity contribution in [1.29, 1.82) is 5.41 Å². The Hall–Kier alpha value is -0.700. The second-order valence-corrected chi connectivity index (χ2v) is 8.24. The molecule has 0 aliphatic heterocycles. The van der Waals surface area contributed by atoms with Crippen LogP contribution in [-0.4, -0.2) is 28.0 Å². The molecule has 8 heteroatoms. The van der Waals surface area contributed by atoms with Crippen LogP contribution >= 0.6 is 46.6 Å². The van der Waals surface area contributed by atoms with E-state index in [1.54, 1.807) is 34.9 Å². The van der Waals surface area contributed by atoms with Crippen molar-refractivity contribution in [3.63, 3.8) is 0 Å². The molecular weight excluding hydrogens is 328 g/mol. The van der Waals surface area contributed by atoms with E-state index < -0.39 is 0 Å². The number of benzene rings is 1. The van der Waals surface area contributed by atoms with Crippen molar-refractivity contribution in [3.05, 3.63) is 23.8 Å². The molecular formula is C12H14N4S4. The van der Waals surface area contributed by atoms with Crippen molar-refractivity contribution in [2.24, 2.45) is 5.73 Å². The van der Waals surface area contributed by atoms with E-state index in [1.807, 2.05) is 24.5 Å². The van der Waals surface area contributed by atoms with E-state index in [2.05, 4.69) is 17.1 Å². The van der Waals surface area contributed by atoms with Gasteiger partial charge in [-0.1, -0.05) is 47.9 Å². The Morgan fingerprint density at radius 2 is 2.00 bits per heavy atom. The van der Waals surface area contributed by atoms with Crippen molar-refractivity contribution < 1.29 is 0 Å². The Kier molecular flexibility index (Phi) is 5.76. The lowest BCUT2D eigenvalue weighted by Crippen LogP contribution is -2.13. The molecule has 0 atom stereocenters. The number of aromatic nitrogens is 2. The van der Waals surface area contributed by atoms with Crippen LogP contribution in [0.3, 0.4) is 0 Å². The van der Waals surface area contributed by atoms with E-state index in [4.69, 9.17) is 11.1 Å². The summed E-state index contributed by atoms with van der Waals surface area (Å²) in [4.78, 5) is 2.00. The van der Waals surface area contributed by atoms with E-state index in [9.17, 15) is 0 Å². The average Bonchev–Trinajstić information content (AvgIpc) is 2.86. The van der Waals surface area contributed by atoms with Crippen LogP contribution < -0.4 is 5.73 Å². The van der Waals surface area contributed by atoms with E-state index in [1.165, 1.54) is 11.8 Å². The summed E-state index contributed by atoms with van der Waals surface area (Å²) in [5, 5.41) is 16.1. The minimum Gasteiger partial charge on any atom is -0.384 e. The molecule has 0 radical (unpaired) electrons. The Morgan fingerprint density at radius 1 is 1.30 bits per heavy atom. The van der Waals surface area contributed by atoms with Crippen LogP contribution in [-0.2, 0) is 0 Å². The monoisotopic (exact) mass is 342 g/mol. The molecule has 0 saturated heterocycles. The summed E-state index contributed by atoms with van der Waals surface area (Å²) < 4.78 is 1.81. The number of thioether (sulfide) groups is 2. The SMILES string of the molecule is CCSc1cccc(Sc2nnc(SC)s2)c1C(=N)N. The van der Waals surface area contributed by atoms with Crippen molar-refractivity contribution in [3.8, 4) is 0 Å². The molecule has 2 aromatic rings. The number of nitrogens with one attached hydrogen (secondary N) is 1. The molecule has 0 aliphatic rings. The second-order valence-electron chi connectivity index (χ2n) is 3.62. The predicted molar refractivity (Wildman–Crippen MR) is 89.7 cm³/mol. The van der Waals surface area contributed by atoms with Crippen molar-refractivity contribution >= 4 is 52.5 Å². The fourth-order valence-corrected chi connectivity index (χ4v) is 5.04. The summed E-state index contributed by atoms with van der Waals surface area (Å²) >= 11 is 6.35. The number of nitrogen functional groups attached to an aromatic ring is 1. The molecule has 4 nitrogen and oxygen atoms in total. The maximum Gasteiger partial charge on any atom is 0.179 e. The summed E-state index contributed by atoms with van der Waals surface area (Å²) in [6.07, 6.45) is 1.98. The highest BCUT2D eigenvalue weighted by Crippen LogP contribution is 2.37. The van der Waals surface area contributed by atoms with Gasteiger partial charge >= 0.3 is 0 Å². The summed E-state index contributed by atoms with van der Waals surface area (Å²) in [5.41, 5.74) is 6.55. The fraction of sp³-hybridized carbons (Fsp3) is 0.250. The predicted octanol–water partition coefficient (Wildman–Crippen LogP) is 3.81. The van der Waals surface area contributed by atoms with E-state index in [-0.39, 0.29) is 5.84 Å². The van der Waals surface area contributed by atoms with Crippen molar-refractivity contribution in [1.82, 2.24) is 10.2 Å². The van der Waals surface area contributed by atoms with Crippen LogP contribution in [0.5, 0.6) is 0 Å². The van der Waals surface area contributed by atoms with Crippen LogP contribution in [0.15, 0.2) is 36.7 Å². The number of nitrogens with zero attached hydrogens (tertiary/aromatic N) is 2. The van der Waals surface area contributed by atoms with Gasteiger partial charge in [-0.2, -0.15) is 0 Å². The van der Waals surface area contributed by atoms with Gasteiger partial charge in [0.15, 0.2) is 8.68 Å². The summed E-state index contributed by atoms with van der Waals surface area (Å²) in [6.45, 7) is 2.09. The molecule has 0 fully saturated rings. The number of nitrogens with two attached hydrogens (primary N) is 1. The summed E-state index contributed by atoms with van der Waals surface area (Å²) in [7, 11) is 0. The molecule has 2 rings (SSSR count). The zero-order chi connectivity index (χ0) is 14.5. The smallest absolute Gasteiger partial charge is 0.179 e. The van der Waals surface area contributed by atoms with Crippen molar-refractivity contribution in [2.75, 3.05) is 12.0 Å². The molecule has 0 spiro atoms. The number of amidine groups is 1. The highest BCUT2D eigenvalue weighted by Gasteiger charge is 2.14. The van der Waals surface area contributed by atoms with E-state index in [0.29, 0.717) is 0 Å². The number of rotatable bonds is 6. The maximum atomic E-state index is 7.82. The summed E-state index contributed by atoms with van der Waals surface area (Å²) in [6, 6.07) is 5.97. The fourth-order valence-electron chi connectivity index (χ4n) is 1.55. The van der Waals surface area contributed by atoms with E-state index in [0.717, 1.165) is 29.8 Å². The third-order valence-electron chi connectivity index (χ3n) is 2.32. The standard InChI is InChI=1S/C12H14N4S4/c1-3-18-7-5-4-6-8(9(7)10(13)14)19-12-16-15-11(17-2)20-12/h4-6H,3H2,1-2H3,(H3,13,14). The highest BCUT2D eigenvalue weighted by molar-refractivity contribution is 8.03. The zero-order valence-corrected chi connectivity index (χ0v) is 14.3. The Morgan fingerprint density at radius 3 is 2.60 bits per heavy atom. The largest absolute Gasteiger partial charge is 0.384 e. The van der Waals surface area contributed by atoms with Gasteiger partial charge in [0, 0.05) is 15.4 Å². The minimum atomic E-state index is 0.0960. The normalized spacial score (nSPS) is 10.7. The van der Waals surface area contributed by atoms with E-state index >= 15 is 0 Å². The van der Waals surface area contributed by atoms with Crippen LogP contribution in [0.1, 0.15) is 12.5 Å². The van der Waals surface area contributed by atoms with Gasteiger partial charge in [0.1, 0.15) is 5.84 Å². The van der Waals surface area contributed by atoms with Crippen LogP contribution in [0.4, 0.5) is 0 Å². The quantitative estimate of drug-likeness (QED) is 0.472. The molecule has 0 bridgehead atoms. The molecule has 1 heterocycles. The lowest BCUT2D eigenvalue weighted by molar-refractivity contribution is 0.955. The Bertz CT molecular complexity index is 611. The second kappa shape index (κ2) is 7.35. The molecule has 20 heavy (non-hydrogen) atoms. The molecule has 106 valence electrons. The lowest BCUT2D eigenvalue weighted by atomic mass is 10.2. The van der Waals surface area contributed by atoms with Gasteiger partial charge in [0.2, 0.25) is 0 Å². The molecule has 3 N–H and O–H groups in total. The first kappa shape index (κ1) is 15.7. The topological polar surface area (TPSA) is 75.7 Å². The molecule has 0 unspecified atom stereocenters. The van der Waals surface area contributed by atoms with Gasteiger partial charge in [-0.3, -0.25) is 5.41 Å². The molecule has 0 aliphatic carbocycles. The first-order chi connectivity index (χ1) is 9.65.